The van der Waals surface area contributed by atoms with Gasteiger partial charge < -0.3 is 5.11 Å². The third-order valence-electron chi connectivity index (χ3n) is 1.14. The molecule has 0 aromatic heterocycles. The second-order valence-corrected chi connectivity index (χ2v) is 3.33. The zero-order chi connectivity index (χ0) is 8.48. The first-order chi connectivity index (χ1) is 5.02. The maximum Gasteiger partial charge on any atom is 0.298 e. The van der Waals surface area contributed by atoms with Crippen LogP contribution in [0.15, 0.2) is 29.2 Å². The summed E-state index contributed by atoms with van der Waals surface area (Å²) in [5, 5.41) is 8.91. The van der Waals surface area contributed by atoms with Gasteiger partial charge in [-0.05, 0) is 12.1 Å². The van der Waals surface area contributed by atoms with Gasteiger partial charge in [-0.2, -0.15) is 8.42 Å². The predicted octanol–water partition coefficient (Wildman–Crippen LogP) is 0.258. The van der Waals surface area contributed by atoms with Crippen LogP contribution >= 0.6 is 0 Å². The number of hydrogen-bond donors (Lipinski definition) is 2. The van der Waals surface area contributed by atoms with E-state index in [0.29, 0.717) is 0 Å². The minimum Gasteiger partial charge on any atom is -0.506 e. The fourth-order valence-corrected chi connectivity index (χ4v) is 1.26. The molecule has 0 unspecified atom stereocenters. The van der Waals surface area contributed by atoms with E-state index in [1.54, 1.807) is 0 Å². The SMILES string of the molecule is O=S(=O)(O)c1ccccc1O.[Ca]. The standard InChI is InChI=1S/C6H6O4S.Ca/c7-5-3-1-2-4-6(5)11(8,9)10;/h1-4,7H,(H,8,9,10);. The zero-order valence-corrected chi connectivity index (χ0v) is 9.16. The Bertz CT molecular complexity index is 360. The van der Waals surface area contributed by atoms with Gasteiger partial charge in [-0.1, -0.05) is 12.1 Å². The van der Waals surface area contributed by atoms with Crippen LogP contribution in [0, 0.1) is 0 Å². The largest absolute Gasteiger partial charge is 0.506 e. The molecular weight excluding hydrogens is 208 g/mol. The van der Waals surface area contributed by atoms with E-state index in [1.165, 1.54) is 18.2 Å². The van der Waals surface area contributed by atoms with Gasteiger partial charge in [0, 0.05) is 37.7 Å². The average molecular weight is 214 g/mol. The van der Waals surface area contributed by atoms with Crippen LogP contribution in [0.4, 0.5) is 0 Å². The molecule has 2 radical (unpaired) electrons. The van der Waals surface area contributed by atoms with Crippen LogP contribution in [0.2, 0.25) is 0 Å². The molecule has 0 aliphatic carbocycles. The molecule has 12 heavy (non-hydrogen) atoms. The van der Waals surface area contributed by atoms with Gasteiger partial charge in [0.05, 0.1) is 0 Å². The topological polar surface area (TPSA) is 74.6 Å². The first-order valence-electron chi connectivity index (χ1n) is 2.77. The molecule has 6 heteroatoms. The number of benzene rings is 1. The smallest absolute Gasteiger partial charge is 0.298 e. The predicted molar refractivity (Wildman–Crippen MR) is 43.7 cm³/mol. The maximum atomic E-state index is 10.4. The minimum atomic E-state index is -4.28. The molecule has 0 aliphatic rings. The van der Waals surface area contributed by atoms with Crippen molar-refractivity contribution in [3.63, 3.8) is 0 Å². The molecular formula is C6H6CaO4S. The third-order valence-corrected chi connectivity index (χ3v) is 2.04. The van der Waals surface area contributed by atoms with Crippen molar-refractivity contribution in [1.82, 2.24) is 0 Å². The minimum absolute atomic E-state index is 0. The van der Waals surface area contributed by atoms with Gasteiger partial charge in [0.15, 0.2) is 0 Å². The van der Waals surface area contributed by atoms with Crippen LogP contribution in [0.1, 0.15) is 0 Å². The molecule has 0 saturated heterocycles. The van der Waals surface area contributed by atoms with Gasteiger partial charge >= 0.3 is 0 Å². The van der Waals surface area contributed by atoms with Crippen LogP contribution in [0.25, 0.3) is 0 Å². The Morgan fingerprint density at radius 3 is 2.00 bits per heavy atom. The second kappa shape index (κ2) is 4.43. The number of para-hydroxylation sites is 1. The molecule has 0 aliphatic heterocycles. The van der Waals surface area contributed by atoms with E-state index in [1.807, 2.05) is 0 Å². The summed E-state index contributed by atoms with van der Waals surface area (Å²) in [6.07, 6.45) is 0. The molecule has 1 aromatic rings. The van der Waals surface area contributed by atoms with Crippen LogP contribution in [0.5, 0.6) is 5.75 Å². The summed E-state index contributed by atoms with van der Waals surface area (Å²) in [5.74, 6) is -0.449. The van der Waals surface area contributed by atoms with Gasteiger partial charge in [-0.25, -0.2) is 0 Å². The normalized spacial score (nSPS) is 10.4. The average Bonchev–Trinajstić information content (AvgIpc) is 1.86. The van der Waals surface area contributed by atoms with Crippen LogP contribution in [0.3, 0.4) is 0 Å². The van der Waals surface area contributed by atoms with Gasteiger partial charge in [0.1, 0.15) is 10.6 Å². The fraction of sp³-hybridized carbons (Fsp3) is 0. The molecule has 0 bridgehead atoms. The fourth-order valence-electron chi connectivity index (χ4n) is 0.675. The van der Waals surface area contributed by atoms with Crippen LogP contribution < -0.4 is 0 Å². The van der Waals surface area contributed by atoms with Crippen molar-refractivity contribution in [2.45, 2.75) is 4.90 Å². The second-order valence-electron chi connectivity index (χ2n) is 1.94. The Kier molecular flexibility index (Phi) is 4.50. The van der Waals surface area contributed by atoms with Crippen molar-refractivity contribution in [2.75, 3.05) is 0 Å². The van der Waals surface area contributed by atoms with E-state index in [-0.39, 0.29) is 37.7 Å². The van der Waals surface area contributed by atoms with E-state index < -0.39 is 20.8 Å². The number of phenols is 1. The van der Waals surface area contributed by atoms with Crippen molar-refractivity contribution < 1.29 is 18.1 Å². The van der Waals surface area contributed by atoms with E-state index in [4.69, 9.17) is 9.66 Å². The Hall–Kier alpha value is 0.190. The molecule has 0 fully saturated rings. The van der Waals surface area contributed by atoms with Crippen molar-refractivity contribution in [2.24, 2.45) is 0 Å². The Labute approximate surface area is 100.0 Å². The van der Waals surface area contributed by atoms with Crippen molar-refractivity contribution in [3.8, 4) is 5.75 Å². The molecule has 2 N–H and O–H groups in total. The van der Waals surface area contributed by atoms with E-state index in [2.05, 4.69) is 0 Å². The monoisotopic (exact) mass is 214 g/mol. The molecule has 1 aromatic carbocycles. The summed E-state index contributed by atoms with van der Waals surface area (Å²) < 4.78 is 29.4. The Morgan fingerprint density at radius 2 is 1.67 bits per heavy atom. The Morgan fingerprint density at radius 1 is 1.17 bits per heavy atom. The third kappa shape index (κ3) is 2.91. The molecule has 0 saturated carbocycles. The summed E-state index contributed by atoms with van der Waals surface area (Å²) in [4.78, 5) is -0.472. The molecule has 0 spiro atoms. The number of aromatic hydroxyl groups is 1. The van der Waals surface area contributed by atoms with E-state index >= 15 is 0 Å². The van der Waals surface area contributed by atoms with E-state index in [9.17, 15) is 8.42 Å². The maximum absolute atomic E-state index is 10.4. The molecule has 0 atom stereocenters. The number of rotatable bonds is 1. The number of hydrogen-bond acceptors (Lipinski definition) is 3. The van der Waals surface area contributed by atoms with Gasteiger partial charge in [0.2, 0.25) is 0 Å². The first kappa shape index (κ1) is 12.2. The summed E-state index contributed by atoms with van der Waals surface area (Å²) in [6.45, 7) is 0. The summed E-state index contributed by atoms with van der Waals surface area (Å²) >= 11 is 0. The van der Waals surface area contributed by atoms with Crippen molar-refractivity contribution in [3.05, 3.63) is 24.3 Å². The molecule has 4 nitrogen and oxygen atoms in total. The molecule has 0 amide bonds. The van der Waals surface area contributed by atoms with Crippen LogP contribution in [-0.2, 0) is 10.1 Å². The summed E-state index contributed by atoms with van der Waals surface area (Å²) in [7, 11) is -4.28. The quantitative estimate of drug-likeness (QED) is 0.519. The summed E-state index contributed by atoms with van der Waals surface area (Å²) in [6, 6.07) is 5.17. The molecule has 62 valence electrons. The zero-order valence-electron chi connectivity index (χ0n) is 6.14. The van der Waals surface area contributed by atoms with Crippen LogP contribution in [-0.4, -0.2) is 55.8 Å². The van der Waals surface area contributed by atoms with Crippen molar-refractivity contribution in [1.29, 1.82) is 0 Å². The molecule has 0 heterocycles. The van der Waals surface area contributed by atoms with Gasteiger partial charge in [0.25, 0.3) is 10.1 Å². The first-order valence-corrected chi connectivity index (χ1v) is 4.21. The van der Waals surface area contributed by atoms with E-state index in [0.717, 1.165) is 6.07 Å². The summed E-state index contributed by atoms with van der Waals surface area (Å²) in [5.41, 5.74) is 0. The number of phenolic OH excluding ortho intramolecular Hbond substituents is 1. The van der Waals surface area contributed by atoms with Crippen molar-refractivity contribution >= 4 is 47.9 Å². The Balaban J connectivity index is 0.00000121. The molecule has 1 rings (SSSR count). The van der Waals surface area contributed by atoms with Gasteiger partial charge in [-0.15, -0.1) is 0 Å². The van der Waals surface area contributed by atoms with Gasteiger partial charge in [-0.3, -0.25) is 4.55 Å².